The van der Waals surface area contributed by atoms with Crippen LogP contribution >= 0.6 is 0 Å². The molecule has 2 heterocycles. The van der Waals surface area contributed by atoms with E-state index in [1.807, 2.05) is 24.3 Å². The van der Waals surface area contributed by atoms with Crippen molar-refractivity contribution in [2.45, 2.75) is 37.9 Å². The topological polar surface area (TPSA) is 64.7 Å². The van der Waals surface area contributed by atoms with Gasteiger partial charge in [0.25, 0.3) is 0 Å². The third-order valence-corrected chi connectivity index (χ3v) is 6.03. The van der Waals surface area contributed by atoms with Crippen molar-refractivity contribution in [3.05, 3.63) is 66.2 Å². The number of amides is 2. The molecule has 0 aromatic heterocycles. The summed E-state index contributed by atoms with van der Waals surface area (Å²) in [4.78, 5) is 29.7. The van der Waals surface area contributed by atoms with Crippen LogP contribution in [0.3, 0.4) is 0 Å². The van der Waals surface area contributed by atoms with Crippen LogP contribution in [0.25, 0.3) is 0 Å². The quantitative estimate of drug-likeness (QED) is 0.772. The van der Waals surface area contributed by atoms with Crippen molar-refractivity contribution in [2.75, 3.05) is 31.1 Å². The lowest BCUT2D eigenvalue weighted by Gasteiger charge is -2.36. The number of benzene rings is 2. The van der Waals surface area contributed by atoms with Gasteiger partial charge in [0.1, 0.15) is 0 Å². The summed E-state index contributed by atoms with van der Waals surface area (Å²) in [5.41, 5.74) is 2.39. The maximum absolute atomic E-state index is 12.7. The monoisotopic (exact) mass is 406 g/mol. The van der Waals surface area contributed by atoms with E-state index in [1.165, 1.54) is 5.69 Å². The highest BCUT2D eigenvalue weighted by Crippen LogP contribution is 2.20. The van der Waals surface area contributed by atoms with E-state index in [1.54, 1.807) is 0 Å². The minimum atomic E-state index is -0.414. The number of hydrogen-bond acceptors (Lipinski definition) is 4. The van der Waals surface area contributed by atoms with Crippen molar-refractivity contribution in [3.63, 3.8) is 0 Å². The lowest BCUT2D eigenvalue weighted by atomic mass is 10.0. The Bertz CT molecular complexity index is 835. The van der Waals surface area contributed by atoms with Crippen molar-refractivity contribution in [2.24, 2.45) is 0 Å². The van der Waals surface area contributed by atoms with Crippen molar-refractivity contribution in [3.8, 4) is 0 Å². The number of anilines is 1. The Labute approximate surface area is 178 Å². The summed E-state index contributed by atoms with van der Waals surface area (Å²) in [6, 6.07) is 20.3. The van der Waals surface area contributed by atoms with Gasteiger partial charge in [0.2, 0.25) is 11.8 Å². The summed E-state index contributed by atoms with van der Waals surface area (Å²) >= 11 is 0. The Balaban J connectivity index is 1.29. The lowest BCUT2D eigenvalue weighted by molar-refractivity contribution is -0.134. The van der Waals surface area contributed by atoms with Crippen LogP contribution in [-0.2, 0) is 16.1 Å². The number of nitrogens with one attached hydrogen (secondary N) is 2. The Morgan fingerprint density at radius 1 is 0.967 bits per heavy atom. The van der Waals surface area contributed by atoms with E-state index >= 15 is 0 Å². The molecule has 30 heavy (non-hydrogen) atoms. The molecule has 2 amide bonds. The van der Waals surface area contributed by atoms with Gasteiger partial charge in [-0.3, -0.25) is 14.5 Å². The number of carbonyl (C=O) groups is 2. The first kappa shape index (κ1) is 20.4. The van der Waals surface area contributed by atoms with E-state index < -0.39 is 6.04 Å². The summed E-state index contributed by atoms with van der Waals surface area (Å²) in [6.07, 6.45) is 2.05. The van der Waals surface area contributed by atoms with Crippen LogP contribution in [-0.4, -0.2) is 55.0 Å². The molecular weight excluding hydrogens is 376 g/mol. The Morgan fingerprint density at radius 2 is 1.63 bits per heavy atom. The fourth-order valence-electron chi connectivity index (χ4n) is 4.37. The van der Waals surface area contributed by atoms with E-state index in [0.29, 0.717) is 13.1 Å². The van der Waals surface area contributed by atoms with Crippen LogP contribution in [0.1, 0.15) is 24.8 Å². The normalized spacial score (nSPS) is 20.6. The van der Waals surface area contributed by atoms with Crippen molar-refractivity contribution in [1.29, 1.82) is 0 Å². The molecule has 2 saturated heterocycles. The molecule has 0 bridgehead atoms. The number of piperazine rings is 1. The third kappa shape index (κ3) is 5.19. The smallest absolute Gasteiger partial charge is 0.237 e. The van der Waals surface area contributed by atoms with E-state index in [2.05, 4.69) is 56.8 Å². The second-order valence-electron chi connectivity index (χ2n) is 8.13. The molecule has 0 saturated carbocycles. The fourth-order valence-corrected chi connectivity index (χ4v) is 4.37. The molecule has 0 aliphatic carbocycles. The minimum absolute atomic E-state index is 0.0340. The fraction of sp³-hybridized carbons (Fsp3) is 0.417. The standard InChI is InChI=1S/C24H30N4O2/c29-23(26-20-11-14-27(15-12-20)21-9-5-2-6-10-21)17-22-24(30)25-13-16-28(22)18-19-7-3-1-4-8-19/h1-10,20,22H,11-18H2,(H,25,30)(H,26,29)/t22-/m0/s1. The molecule has 2 N–H and O–H groups in total. The highest BCUT2D eigenvalue weighted by atomic mass is 16.2. The van der Waals surface area contributed by atoms with Gasteiger partial charge in [-0.15, -0.1) is 0 Å². The first-order valence-electron chi connectivity index (χ1n) is 10.8. The van der Waals surface area contributed by atoms with E-state index in [0.717, 1.165) is 38.0 Å². The predicted molar refractivity (Wildman–Crippen MR) is 118 cm³/mol. The van der Waals surface area contributed by atoms with Crippen LogP contribution < -0.4 is 15.5 Å². The SMILES string of the molecule is O=C(C[C@H]1C(=O)NCCN1Cc1ccccc1)NC1CCN(c2ccccc2)CC1. The largest absolute Gasteiger partial charge is 0.371 e. The van der Waals surface area contributed by atoms with Gasteiger partial charge < -0.3 is 15.5 Å². The van der Waals surface area contributed by atoms with Crippen LogP contribution in [0.2, 0.25) is 0 Å². The first-order valence-corrected chi connectivity index (χ1v) is 10.8. The highest BCUT2D eigenvalue weighted by molar-refractivity contribution is 5.88. The molecule has 2 aliphatic rings. The van der Waals surface area contributed by atoms with E-state index in [9.17, 15) is 9.59 Å². The number of nitrogens with zero attached hydrogens (tertiary/aromatic N) is 2. The average molecular weight is 407 g/mol. The van der Waals surface area contributed by atoms with Gasteiger partial charge in [-0.2, -0.15) is 0 Å². The molecule has 2 aromatic carbocycles. The summed E-state index contributed by atoms with van der Waals surface area (Å²) < 4.78 is 0. The molecule has 158 valence electrons. The molecule has 0 radical (unpaired) electrons. The number of carbonyl (C=O) groups excluding carboxylic acids is 2. The van der Waals surface area contributed by atoms with Crippen molar-refractivity contribution in [1.82, 2.24) is 15.5 Å². The second-order valence-corrected chi connectivity index (χ2v) is 8.13. The first-order chi connectivity index (χ1) is 14.7. The van der Waals surface area contributed by atoms with Crippen LogP contribution in [0, 0.1) is 0 Å². The van der Waals surface area contributed by atoms with Crippen LogP contribution in [0.5, 0.6) is 0 Å². The second kappa shape index (κ2) is 9.76. The van der Waals surface area contributed by atoms with Gasteiger partial charge in [0, 0.05) is 44.5 Å². The Morgan fingerprint density at radius 3 is 2.33 bits per heavy atom. The molecule has 6 heteroatoms. The molecule has 1 atom stereocenters. The van der Waals surface area contributed by atoms with Gasteiger partial charge in [-0.25, -0.2) is 0 Å². The molecule has 0 spiro atoms. The average Bonchev–Trinajstić information content (AvgIpc) is 2.78. The highest BCUT2D eigenvalue weighted by Gasteiger charge is 2.32. The van der Waals surface area contributed by atoms with E-state index in [-0.39, 0.29) is 24.3 Å². The van der Waals surface area contributed by atoms with Gasteiger partial charge in [0.15, 0.2) is 0 Å². The maximum Gasteiger partial charge on any atom is 0.237 e. The van der Waals surface area contributed by atoms with Gasteiger partial charge in [-0.05, 0) is 30.5 Å². The van der Waals surface area contributed by atoms with Gasteiger partial charge in [-0.1, -0.05) is 48.5 Å². The number of piperidine rings is 1. The van der Waals surface area contributed by atoms with Crippen LogP contribution in [0.4, 0.5) is 5.69 Å². The number of para-hydroxylation sites is 1. The molecule has 2 aliphatic heterocycles. The predicted octanol–water partition coefficient (Wildman–Crippen LogP) is 2.16. The summed E-state index contributed by atoms with van der Waals surface area (Å²) in [5, 5.41) is 6.08. The number of rotatable bonds is 6. The molecule has 0 unspecified atom stereocenters. The van der Waals surface area contributed by atoms with E-state index in [4.69, 9.17) is 0 Å². The summed E-state index contributed by atoms with van der Waals surface area (Å²) in [5.74, 6) is -0.0838. The zero-order valence-corrected chi connectivity index (χ0v) is 17.3. The minimum Gasteiger partial charge on any atom is -0.371 e. The third-order valence-electron chi connectivity index (χ3n) is 6.03. The van der Waals surface area contributed by atoms with Gasteiger partial charge >= 0.3 is 0 Å². The lowest BCUT2D eigenvalue weighted by Crippen LogP contribution is -2.56. The number of hydrogen-bond donors (Lipinski definition) is 2. The van der Waals surface area contributed by atoms with Crippen molar-refractivity contribution < 1.29 is 9.59 Å². The maximum atomic E-state index is 12.7. The molecule has 2 fully saturated rings. The Kier molecular flexibility index (Phi) is 6.64. The summed E-state index contributed by atoms with van der Waals surface area (Å²) in [6.45, 7) is 3.93. The van der Waals surface area contributed by atoms with Crippen molar-refractivity contribution >= 4 is 17.5 Å². The summed E-state index contributed by atoms with van der Waals surface area (Å²) in [7, 11) is 0. The molecule has 2 aromatic rings. The molecule has 6 nitrogen and oxygen atoms in total. The molecule has 4 rings (SSSR count). The molecular formula is C24H30N4O2. The Hall–Kier alpha value is -2.86. The zero-order valence-electron chi connectivity index (χ0n) is 17.3. The van der Waals surface area contributed by atoms with Gasteiger partial charge in [0.05, 0.1) is 12.5 Å². The van der Waals surface area contributed by atoms with Crippen LogP contribution in [0.15, 0.2) is 60.7 Å². The zero-order chi connectivity index (χ0) is 20.8.